The van der Waals surface area contributed by atoms with Crippen molar-refractivity contribution in [1.29, 1.82) is 0 Å². The van der Waals surface area contributed by atoms with Gasteiger partial charge in [-0.1, -0.05) is 6.92 Å². The molecule has 1 unspecified atom stereocenters. The Labute approximate surface area is 77.7 Å². The molecule has 0 fully saturated rings. The zero-order valence-electron chi connectivity index (χ0n) is 6.08. The minimum atomic E-state index is 0.274. The van der Waals surface area contributed by atoms with Gasteiger partial charge in [0.25, 0.3) is 0 Å². The predicted octanol–water partition coefficient (Wildman–Crippen LogP) is 1.90. The van der Waals surface area contributed by atoms with Gasteiger partial charge in [0.1, 0.15) is 0 Å². The molecule has 0 aromatic carbocycles. The van der Waals surface area contributed by atoms with Gasteiger partial charge in [-0.15, -0.1) is 11.3 Å². The molecule has 62 valence electrons. The number of hydrogen-bond acceptors (Lipinski definition) is 4. The van der Waals surface area contributed by atoms with Crippen LogP contribution in [0, 0.1) is 0 Å². The molecule has 1 rings (SSSR count). The molecule has 0 saturated heterocycles. The van der Waals surface area contributed by atoms with Crippen LogP contribution in [0.15, 0.2) is 9.98 Å². The minimum Gasteiger partial charge on any atom is -0.304 e. The molecule has 0 amide bonds. The maximum Gasteiger partial charge on any atom is 0.0988 e. The van der Waals surface area contributed by atoms with Crippen molar-refractivity contribution in [2.24, 2.45) is 5.90 Å². The molecule has 0 aliphatic heterocycles. The highest BCUT2D eigenvalue weighted by molar-refractivity contribution is 9.11. The van der Waals surface area contributed by atoms with Gasteiger partial charge < -0.3 is 4.84 Å². The third-order valence-electron chi connectivity index (χ3n) is 1.26. The summed E-state index contributed by atoms with van der Waals surface area (Å²) in [5.41, 5.74) is 0. The van der Waals surface area contributed by atoms with E-state index in [2.05, 4.69) is 25.8 Å². The number of rotatable bonds is 3. The summed E-state index contributed by atoms with van der Waals surface area (Å²) in [5.74, 6) is 5.21. The van der Waals surface area contributed by atoms with Gasteiger partial charge in [-0.25, -0.2) is 10.9 Å². The Balaban J connectivity index is 2.60. The summed E-state index contributed by atoms with van der Waals surface area (Å²) in [7, 11) is 0. The molecule has 1 heterocycles. The van der Waals surface area contributed by atoms with Gasteiger partial charge in [-0.2, -0.15) is 0 Å². The van der Waals surface area contributed by atoms with Crippen LogP contribution in [-0.4, -0.2) is 11.6 Å². The minimum absolute atomic E-state index is 0.274. The molecule has 0 saturated carbocycles. The van der Waals surface area contributed by atoms with Crippen molar-refractivity contribution in [3.63, 3.8) is 0 Å². The van der Waals surface area contributed by atoms with E-state index in [1.165, 1.54) is 0 Å². The lowest BCUT2D eigenvalue weighted by Crippen LogP contribution is -2.07. The Hall–Kier alpha value is 0.0300. The van der Waals surface area contributed by atoms with E-state index in [0.29, 0.717) is 6.61 Å². The molecule has 0 radical (unpaired) electrons. The van der Waals surface area contributed by atoms with Crippen molar-refractivity contribution in [3.05, 3.63) is 15.0 Å². The quantitative estimate of drug-likeness (QED) is 0.816. The molecule has 2 N–H and O–H groups in total. The van der Waals surface area contributed by atoms with E-state index in [9.17, 15) is 0 Å². The molecule has 1 aromatic rings. The van der Waals surface area contributed by atoms with E-state index < -0.39 is 0 Å². The average molecular weight is 237 g/mol. The lowest BCUT2D eigenvalue weighted by atomic mass is 10.2. The molecule has 0 bridgehead atoms. The van der Waals surface area contributed by atoms with Crippen LogP contribution >= 0.6 is 27.3 Å². The third kappa shape index (κ3) is 2.52. The zero-order valence-corrected chi connectivity index (χ0v) is 8.48. The van der Waals surface area contributed by atoms with Crippen LogP contribution in [0.4, 0.5) is 0 Å². The molecular formula is C6H9BrN2OS. The second kappa shape index (κ2) is 4.15. The first-order valence-electron chi connectivity index (χ1n) is 3.17. The maximum absolute atomic E-state index is 4.94. The van der Waals surface area contributed by atoms with E-state index in [4.69, 9.17) is 5.90 Å². The van der Waals surface area contributed by atoms with Crippen molar-refractivity contribution >= 4 is 27.3 Å². The van der Waals surface area contributed by atoms with Gasteiger partial charge in [0.15, 0.2) is 0 Å². The van der Waals surface area contributed by atoms with Crippen LogP contribution in [0.3, 0.4) is 0 Å². The summed E-state index contributed by atoms with van der Waals surface area (Å²) in [6, 6.07) is 0. The van der Waals surface area contributed by atoms with Gasteiger partial charge in [0.05, 0.1) is 21.6 Å². The largest absolute Gasteiger partial charge is 0.304 e. The van der Waals surface area contributed by atoms with Crippen LogP contribution in [0.2, 0.25) is 0 Å². The molecule has 5 heteroatoms. The molecule has 0 spiro atoms. The summed E-state index contributed by atoms with van der Waals surface area (Å²) in [4.78, 5) is 8.69. The van der Waals surface area contributed by atoms with E-state index in [0.717, 1.165) is 8.79 Å². The van der Waals surface area contributed by atoms with E-state index in [-0.39, 0.29) is 5.92 Å². The SMILES string of the molecule is CC(CON)c1ncc(Br)s1. The fourth-order valence-corrected chi connectivity index (χ4v) is 1.99. The molecule has 1 atom stereocenters. The van der Waals surface area contributed by atoms with Crippen molar-refractivity contribution in [1.82, 2.24) is 4.98 Å². The van der Waals surface area contributed by atoms with Crippen molar-refractivity contribution in [2.75, 3.05) is 6.61 Å². The first-order valence-corrected chi connectivity index (χ1v) is 4.78. The van der Waals surface area contributed by atoms with Crippen LogP contribution in [0.5, 0.6) is 0 Å². The predicted molar refractivity (Wildman–Crippen MR) is 48.4 cm³/mol. The Kier molecular flexibility index (Phi) is 3.45. The van der Waals surface area contributed by atoms with Crippen LogP contribution < -0.4 is 5.90 Å². The topological polar surface area (TPSA) is 48.1 Å². The Bertz CT molecular complexity index is 228. The van der Waals surface area contributed by atoms with E-state index >= 15 is 0 Å². The van der Waals surface area contributed by atoms with Crippen LogP contribution in [-0.2, 0) is 4.84 Å². The van der Waals surface area contributed by atoms with Gasteiger partial charge in [0.2, 0.25) is 0 Å². The summed E-state index contributed by atoms with van der Waals surface area (Å²) < 4.78 is 1.04. The molecule has 1 aromatic heterocycles. The lowest BCUT2D eigenvalue weighted by molar-refractivity contribution is 0.126. The number of aromatic nitrogens is 1. The van der Waals surface area contributed by atoms with E-state index in [1.807, 2.05) is 6.92 Å². The molecule has 0 aliphatic carbocycles. The van der Waals surface area contributed by atoms with Crippen LogP contribution in [0.1, 0.15) is 17.8 Å². The molecule has 0 aliphatic rings. The Morgan fingerprint density at radius 3 is 3.09 bits per heavy atom. The fourth-order valence-electron chi connectivity index (χ4n) is 0.710. The number of thiazole rings is 1. The second-order valence-electron chi connectivity index (χ2n) is 2.24. The van der Waals surface area contributed by atoms with Crippen LogP contribution in [0.25, 0.3) is 0 Å². The molecule has 3 nitrogen and oxygen atoms in total. The average Bonchev–Trinajstić information content (AvgIpc) is 2.36. The molecular weight excluding hydrogens is 228 g/mol. The lowest BCUT2D eigenvalue weighted by Gasteiger charge is -2.03. The highest BCUT2D eigenvalue weighted by Gasteiger charge is 2.08. The summed E-state index contributed by atoms with van der Waals surface area (Å²) >= 11 is 4.94. The van der Waals surface area contributed by atoms with Crippen molar-refractivity contribution < 1.29 is 4.84 Å². The smallest absolute Gasteiger partial charge is 0.0988 e. The summed E-state index contributed by atoms with van der Waals surface area (Å²) in [6.45, 7) is 2.54. The highest BCUT2D eigenvalue weighted by atomic mass is 79.9. The van der Waals surface area contributed by atoms with Crippen molar-refractivity contribution in [2.45, 2.75) is 12.8 Å². The van der Waals surface area contributed by atoms with Gasteiger partial charge in [-0.05, 0) is 15.9 Å². The second-order valence-corrected chi connectivity index (χ2v) is 4.68. The molecule has 11 heavy (non-hydrogen) atoms. The Morgan fingerprint density at radius 2 is 2.64 bits per heavy atom. The van der Waals surface area contributed by atoms with Crippen molar-refractivity contribution in [3.8, 4) is 0 Å². The van der Waals surface area contributed by atoms with Gasteiger partial charge in [-0.3, -0.25) is 0 Å². The highest BCUT2D eigenvalue weighted by Crippen LogP contribution is 2.25. The number of hydrogen-bond donors (Lipinski definition) is 1. The number of halogens is 1. The first kappa shape index (κ1) is 9.12. The fraction of sp³-hybridized carbons (Fsp3) is 0.500. The van der Waals surface area contributed by atoms with Gasteiger partial charge >= 0.3 is 0 Å². The summed E-state index contributed by atoms with van der Waals surface area (Å²) in [5, 5.41) is 1.04. The standard InChI is InChI=1S/C6H9BrN2OS/c1-4(3-10-8)6-9-2-5(7)11-6/h2,4H,3,8H2,1H3. The van der Waals surface area contributed by atoms with E-state index in [1.54, 1.807) is 17.5 Å². The summed E-state index contributed by atoms with van der Waals surface area (Å²) in [6.07, 6.45) is 1.78. The monoisotopic (exact) mass is 236 g/mol. The first-order chi connectivity index (χ1) is 5.24. The number of nitrogens with zero attached hydrogens (tertiary/aromatic N) is 1. The number of nitrogens with two attached hydrogens (primary N) is 1. The third-order valence-corrected chi connectivity index (χ3v) is 2.97. The zero-order chi connectivity index (χ0) is 8.27. The van der Waals surface area contributed by atoms with Gasteiger partial charge in [0, 0.05) is 5.92 Å². The Morgan fingerprint density at radius 1 is 1.91 bits per heavy atom. The maximum atomic E-state index is 4.94. The normalized spacial score (nSPS) is 13.4.